The molecule has 0 fully saturated rings. The molecule has 0 aliphatic carbocycles. The van der Waals surface area contributed by atoms with E-state index in [1.165, 1.54) is 199 Å². The third-order valence-electron chi connectivity index (χ3n) is 12.3. The first-order chi connectivity index (χ1) is 29.5. The number of aliphatic hydroxyl groups is 1. The Kier molecular flexibility index (Phi) is 43.9. The molecule has 8 nitrogen and oxygen atoms in total. The lowest BCUT2D eigenvalue weighted by Gasteiger charge is -2.30. The molecular formula is C52H105N2O6P. The van der Waals surface area contributed by atoms with Crippen molar-refractivity contribution in [3.05, 3.63) is 12.2 Å². The molecule has 0 spiro atoms. The van der Waals surface area contributed by atoms with Gasteiger partial charge in [0.05, 0.1) is 39.9 Å². The number of phosphoric acid groups is 1. The van der Waals surface area contributed by atoms with E-state index < -0.39 is 20.0 Å². The van der Waals surface area contributed by atoms with Crippen LogP contribution in [0.2, 0.25) is 0 Å². The fourth-order valence-electron chi connectivity index (χ4n) is 8.04. The highest BCUT2D eigenvalue weighted by atomic mass is 31.2. The number of hydrogen-bond acceptors (Lipinski definition) is 6. The van der Waals surface area contributed by atoms with Crippen LogP contribution < -0.4 is 10.2 Å². The average molecular weight is 885 g/mol. The van der Waals surface area contributed by atoms with E-state index >= 15 is 0 Å². The molecule has 3 atom stereocenters. The highest BCUT2D eigenvalue weighted by Gasteiger charge is 2.24. The molecule has 0 radical (unpaired) electrons. The molecule has 3 unspecified atom stereocenters. The Hall–Kier alpha value is -0.760. The van der Waals surface area contributed by atoms with Gasteiger partial charge in [0.25, 0.3) is 7.82 Å². The predicted molar refractivity (Wildman–Crippen MR) is 261 cm³/mol. The molecule has 0 bridgehead atoms. The Morgan fingerprint density at radius 3 is 1.28 bits per heavy atom. The van der Waals surface area contributed by atoms with Crippen molar-refractivity contribution in [3.8, 4) is 0 Å². The van der Waals surface area contributed by atoms with Gasteiger partial charge in [0.15, 0.2) is 0 Å². The number of phosphoric ester groups is 1. The predicted octanol–water partition coefficient (Wildman–Crippen LogP) is 14.8. The van der Waals surface area contributed by atoms with E-state index in [1.807, 2.05) is 21.1 Å². The van der Waals surface area contributed by atoms with Crippen molar-refractivity contribution < 1.29 is 32.9 Å². The van der Waals surface area contributed by atoms with Crippen molar-refractivity contribution in [2.24, 2.45) is 0 Å². The van der Waals surface area contributed by atoms with Crippen LogP contribution in [0.25, 0.3) is 0 Å². The van der Waals surface area contributed by atoms with Crippen molar-refractivity contribution in [2.45, 2.75) is 276 Å². The monoisotopic (exact) mass is 885 g/mol. The number of nitrogens with zero attached hydrogens (tertiary/aromatic N) is 1. The van der Waals surface area contributed by atoms with E-state index in [1.54, 1.807) is 0 Å². The minimum Gasteiger partial charge on any atom is -0.756 e. The van der Waals surface area contributed by atoms with Crippen LogP contribution >= 0.6 is 7.82 Å². The largest absolute Gasteiger partial charge is 0.756 e. The summed E-state index contributed by atoms with van der Waals surface area (Å²) >= 11 is 0. The van der Waals surface area contributed by atoms with Crippen molar-refractivity contribution in [1.29, 1.82) is 0 Å². The van der Waals surface area contributed by atoms with Crippen LogP contribution in [-0.2, 0) is 18.4 Å². The maximum atomic E-state index is 12.8. The van der Waals surface area contributed by atoms with Crippen LogP contribution in [0.3, 0.4) is 0 Å². The zero-order chi connectivity index (χ0) is 45.0. The van der Waals surface area contributed by atoms with Gasteiger partial charge in [-0.3, -0.25) is 9.36 Å². The first-order valence-corrected chi connectivity index (χ1v) is 28.0. The molecule has 2 N–H and O–H groups in total. The molecule has 0 aromatic rings. The third-order valence-corrected chi connectivity index (χ3v) is 13.2. The van der Waals surface area contributed by atoms with Crippen LogP contribution in [0, 0.1) is 0 Å². The fourth-order valence-corrected chi connectivity index (χ4v) is 8.76. The number of carbonyl (C=O) groups excluding carboxylic acids is 1. The fraction of sp³-hybridized carbons (Fsp3) is 0.942. The smallest absolute Gasteiger partial charge is 0.268 e. The van der Waals surface area contributed by atoms with Crippen molar-refractivity contribution in [2.75, 3.05) is 40.9 Å². The molecule has 0 aliphatic heterocycles. The lowest BCUT2D eigenvalue weighted by Crippen LogP contribution is -2.46. The second kappa shape index (κ2) is 44.4. The van der Waals surface area contributed by atoms with E-state index in [4.69, 9.17) is 9.05 Å². The van der Waals surface area contributed by atoms with Crippen LogP contribution in [-0.4, -0.2) is 68.5 Å². The van der Waals surface area contributed by atoms with Gasteiger partial charge in [-0.2, -0.15) is 0 Å². The third kappa shape index (κ3) is 47.0. The lowest BCUT2D eigenvalue weighted by molar-refractivity contribution is -0.870. The van der Waals surface area contributed by atoms with Crippen molar-refractivity contribution in [1.82, 2.24) is 5.32 Å². The lowest BCUT2D eigenvalue weighted by atomic mass is 10.0. The van der Waals surface area contributed by atoms with E-state index in [2.05, 4.69) is 31.3 Å². The van der Waals surface area contributed by atoms with E-state index in [9.17, 15) is 19.4 Å². The number of carbonyl (C=O) groups is 1. The summed E-state index contributed by atoms with van der Waals surface area (Å²) in [5.74, 6) is -0.165. The number of nitrogens with one attached hydrogen (secondary N) is 1. The normalized spacial score (nSPS) is 14.1. The first kappa shape index (κ1) is 60.2. The number of likely N-dealkylation sites (N-methyl/N-ethyl adjacent to an activating group) is 1. The highest BCUT2D eigenvalue weighted by Crippen LogP contribution is 2.38. The van der Waals surface area contributed by atoms with E-state index in [0.717, 1.165) is 38.5 Å². The number of quaternary nitrogens is 1. The van der Waals surface area contributed by atoms with Crippen molar-refractivity contribution >= 4 is 13.7 Å². The van der Waals surface area contributed by atoms with Crippen LogP contribution in [0.4, 0.5) is 0 Å². The summed E-state index contributed by atoms with van der Waals surface area (Å²) in [4.78, 5) is 25.2. The molecule has 0 saturated heterocycles. The molecule has 0 rings (SSSR count). The van der Waals surface area contributed by atoms with Crippen LogP contribution in [0.15, 0.2) is 12.2 Å². The number of allylic oxidation sites excluding steroid dienone is 2. The number of aliphatic hydroxyl groups excluding tert-OH is 1. The number of hydrogen-bond donors (Lipinski definition) is 2. The Morgan fingerprint density at radius 2 is 0.902 bits per heavy atom. The number of amides is 1. The number of unbranched alkanes of at least 4 members (excludes halogenated alkanes) is 34. The molecular weight excluding hydrogens is 780 g/mol. The van der Waals surface area contributed by atoms with Gasteiger partial charge in [0.2, 0.25) is 5.91 Å². The Balaban J connectivity index is 3.78. The summed E-state index contributed by atoms with van der Waals surface area (Å²) < 4.78 is 23.2. The van der Waals surface area contributed by atoms with Gasteiger partial charge in [-0.05, 0) is 38.5 Å². The van der Waals surface area contributed by atoms with Crippen molar-refractivity contribution in [3.63, 3.8) is 0 Å². The zero-order valence-electron chi connectivity index (χ0n) is 41.4. The van der Waals surface area contributed by atoms with Gasteiger partial charge in [-0.25, -0.2) is 0 Å². The molecule has 0 saturated carbocycles. The summed E-state index contributed by atoms with van der Waals surface area (Å²) in [6.07, 6.45) is 53.0. The molecule has 0 aliphatic rings. The standard InChI is InChI=1S/C52H105N2O6P/c1-6-8-10-12-14-15-16-17-18-19-20-21-22-23-24-25-26-27-28-29-30-31-32-33-34-35-36-37-38-39-40-42-44-46-52(56)53-50(51(55)45-43-41-13-11-9-7-2)49-60-61(57,58)59-48-47-54(3,4)5/h19-20,50-51,55H,6-18,21-49H2,1-5H3,(H-,53,56,57,58)/b20-19-. The Labute approximate surface area is 380 Å². The van der Waals surface area contributed by atoms with Gasteiger partial charge >= 0.3 is 0 Å². The van der Waals surface area contributed by atoms with E-state index in [0.29, 0.717) is 23.9 Å². The van der Waals surface area contributed by atoms with E-state index in [-0.39, 0.29) is 19.1 Å². The van der Waals surface area contributed by atoms with Gasteiger partial charge in [0.1, 0.15) is 13.2 Å². The maximum Gasteiger partial charge on any atom is 0.268 e. The topological polar surface area (TPSA) is 108 Å². The average Bonchev–Trinajstić information content (AvgIpc) is 3.21. The molecule has 0 heterocycles. The first-order valence-electron chi connectivity index (χ1n) is 26.5. The van der Waals surface area contributed by atoms with Crippen LogP contribution in [0.1, 0.15) is 264 Å². The molecule has 0 aromatic heterocycles. The minimum atomic E-state index is -4.55. The van der Waals surface area contributed by atoms with Gasteiger partial charge in [-0.15, -0.1) is 0 Å². The minimum absolute atomic E-state index is 0.0143. The summed E-state index contributed by atoms with van der Waals surface area (Å²) in [5.41, 5.74) is 0. The molecule has 1 amide bonds. The molecule has 0 aromatic carbocycles. The van der Waals surface area contributed by atoms with Crippen LogP contribution in [0.5, 0.6) is 0 Å². The summed E-state index contributed by atoms with van der Waals surface area (Å²) in [6, 6.07) is -0.792. The maximum absolute atomic E-state index is 12.8. The van der Waals surface area contributed by atoms with Gasteiger partial charge in [-0.1, -0.05) is 231 Å². The number of rotatable bonds is 49. The summed E-state index contributed by atoms with van der Waals surface area (Å²) in [7, 11) is 1.31. The summed E-state index contributed by atoms with van der Waals surface area (Å²) in [5, 5.41) is 13.8. The molecule has 9 heteroatoms. The summed E-state index contributed by atoms with van der Waals surface area (Å²) in [6.45, 7) is 4.67. The quantitative estimate of drug-likeness (QED) is 0.0273. The van der Waals surface area contributed by atoms with Gasteiger partial charge < -0.3 is 28.8 Å². The van der Waals surface area contributed by atoms with Gasteiger partial charge in [0, 0.05) is 6.42 Å². The Bertz CT molecular complexity index is 1000. The second-order valence-electron chi connectivity index (χ2n) is 19.6. The molecule has 61 heavy (non-hydrogen) atoms. The molecule has 364 valence electrons. The highest BCUT2D eigenvalue weighted by molar-refractivity contribution is 7.45. The Morgan fingerprint density at radius 1 is 0.557 bits per heavy atom. The second-order valence-corrected chi connectivity index (χ2v) is 21.0. The zero-order valence-corrected chi connectivity index (χ0v) is 42.3. The SMILES string of the molecule is CCCCCCCCCC/C=C\CCCCCCCCCCCCCCCCCCCCCCCC(=O)NC(COP(=O)([O-])OCC[N+](C)(C)C)C(O)CCCCCCCC.